The molecule has 0 fully saturated rings. The molecule has 1 aliphatic rings. The fourth-order valence-corrected chi connectivity index (χ4v) is 1.22. The lowest BCUT2D eigenvalue weighted by Crippen LogP contribution is -1.95. The van der Waals surface area contributed by atoms with Gasteiger partial charge in [0.15, 0.2) is 0 Å². The van der Waals surface area contributed by atoms with Crippen LogP contribution in [0.3, 0.4) is 0 Å². The van der Waals surface area contributed by atoms with Gasteiger partial charge in [-0.25, -0.2) is 0 Å². The first-order valence-corrected chi connectivity index (χ1v) is 3.35. The van der Waals surface area contributed by atoms with Crippen molar-refractivity contribution in [2.45, 2.75) is 6.42 Å². The van der Waals surface area contributed by atoms with Crippen LogP contribution >= 0.6 is 0 Å². The summed E-state index contributed by atoms with van der Waals surface area (Å²) in [5.41, 5.74) is 8.60. The Bertz CT molecular complexity index is 257. The zero-order chi connectivity index (χ0) is 6.97. The van der Waals surface area contributed by atoms with Crippen LogP contribution < -0.4 is 11.1 Å². The Kier molecular flexibility index (Phi) is 1.03. The summed E-state index contributed by atoms with van der Waals surface area (Å²) in [5.74, 6) is 0. The molecule has 0 aromatic carbocycles. The smallest absolute Gasteiger partial charge is 0.0793 e. The third kappa shape index (κ3) is 0.635. The maximum absolute atomic E-state index is 5.67. The van der Waals surface area contributed by atoms with Crippen molar-refractivity contribution in [2.24, 2.45) is 0 Å². The molecule has 0 radical (unpaired) electrons. The van der Waals surface area contributed by atoms with Gasteiger partial charge in [0.05, 0.1) is 17.1 Å². The Labute approximate surface area is 59.3 Å². The van der Waals surface area contributed by atoms with E-state index in [0.717, 1.165) is 30.0 Å². The molecule has 3 nitrogen and oxygen atoms in total. The van der Waals surface area contributed by atoms with Gasteiger partial charge in [-0.15, -0.1) is 0 Å². The topological polar surface area (TPSA) is 50.9 Å². The van der Waals surface area contributed by atoms with Crippen LogP contribution in [0.2, 0.25) is 0 Å². The normalized spacial score (nSPS) is 14.4. The summed E-state index contributed by atoms with van der Waals surface area (Å²) in [7, 11) is 0. The van der Waals surface area contributed by atoms with E-state index in [-0.39, 0.29) is 0 Å². The Morgan fingerprint density at radius 2 is 2.50 bits per heavy atom. The van der Waals surface area contributed by atoms with E-state index < -0.39 is 0 Å². The van der Waals surface area contributed by atoms with E-state index in [1.165, 1.54) is 0 Å². The number of nitrogens with two attached hydrogens (primary N) is 1. The van der Waals surface area contributed by atoms with Gasteiger partial charge < -0.3 is 11.1 Å². The van der Waals surface area contributed by atoms with Gasteiger partial charge in [0, 0.05) is 19.2 Å². The minimum Gasteiger partial charge on any atom is -0.397 e. The zero-order valence-electron chi connectivity index (χ0n) is 5.59. The number of nitrogen functional groups attached to an aromatic ring is 1. The molecule has 0 aliphatic carbocycles. The summed E-state index contributed by atoms with van der Waals surface area (Å²) in [5, 5.41) is 3.18. The van der Waals surface area contributed by atoms with Crippen molar-refractivity contribution in [1.29, 1.82) is 0 Å². The van der Waals surface area contributed by atoms with E-state index in [2.05, 4.69) is 10.3 Å². The van der Waals surface area contributed by atoms with Crippen molar-refractivity contribution in [3.63, 3.8) is 0 Å². The Morgan fingerprint density at radius 1 is 1.60 bits per heavy atom. The van der Waals surface area contributed by atoms with Crippen LogP contribution in [0, 0.1) is 0 Å². The third-order valence-electron chi connectivity index (χ3n) is 1.73. The van der Waals surface area contributed by atoms with Gasteiger partial charge in [0.25, 0.3) is 0 Å². The molecule has 0 amide bonds. The first kappa shape index (κ1) is 5.53. The van der Waals surface area contributed by atoms with Crippen molar-refractivity contribution in [1.82, 2.24) is 4.98 Å². The molecular weight excluding hydrogens is 126 g/mol. The molecular formula is C7H9N3. The average Bonchev–Trinajstić information content (AvgIpc) is 2.36. The van der Waals surface area contributed by atoms with Gasteiger partial charge >= 0.3 is 0 Å². The Hall–Kier alpha value is -1.25. The maximum Gasteiger partial charge on any atom is 0.0793 e. The molecule has 2 heterocycles. The number of nitrogens with zero attached hydrogens (tertiary/aromatic N) is 1. The van der Waals surface area contributed by atoms with Crippen LogP contribution in [-0.4, -0.2) is 11.5 Å². The van der Waals surface area contributed by atoms with Crippen LogP contribution in [-0.2, 0) is 6.42 Å². The summed E-state index contributed by atoms with van der Waals surface area (Å²) in [6.45, 7) is 0.969. The first-order valence-electron chi connectivity index (χ1n) is 3.35. The molecule has 0 spiro atoms. The highest BCUT2D eigenvalue weighted by Gasteiger charge is 2.12. The molecule has 1 aromatic heterocycles. The van der Waals surface area contributed by atoms with E-state index in [4.69, 9.17) is 5.73 Å². The number of aromatic nitrogens is 1. The predicted molar refractivity (Wildman–Crippen MR) is 40.8 cm³/mol. The number of rotatable bonds is 0. The highest BCUT2D eigenvalue weighted by molar-refractivity contribution is 5.70. The summed E-state index contributed by atoms with van der Waals surface area (Å²) >= 11 is 0. The standard InChI is InChI=1S/C7H9N3/c8-5-1-3-9-6-2-4-10-7(5)6/h1,3,10H,2,4H2,(H2,8,9). The molecule has 0 saturated heterocycles. The molecule has 52 valence electrons. The van der Waals surface area contributed by atoms with E-state index in [1.807, 2.05) is 6.07 Å². The highest BCUT2D eigenvalue weighted by atomic mass is 15.0. The van der Waals surface area contributed by atoms with Gasteiger partial charge in [-0.3, -0.25) is 4.98 Å². The van der Waals surface area contributed by atoms with Crippen molar-refractivity contribution in [2.75, 3.05) is 17.6 Å². The van der Waals surface area contributed by atoms with Gasteiger partial charge in [0.1, 0.15) is 0 Å². The molecule has 3 N–H and O–H groups in total. The SMILES string of the molecule is Nc1ccnc2c1NCC2. The van der Waals surface area contributed by atoms with Crippen molar-refractivity contribution < 1.29 is 0 Å². The number of hydrogen-bond donors (Lipinski definition) is 2. The minimum atomic E-state index is 0.808. The molecule has 3 heteroatoms. The van der Waals surface area contributed by atoms with E-state index >= 15 is 0 Å². The van der Waals surface area contributed by atoms with Crippen molar-refractivity contribution >= 4 is 11.4 Å². The molecule has 0 atom stereocenters. The monoisotopic (exact) mass is 135 g/mol. The maximum atomic E-state index is 5.67. The predicted octanol–water partition coefficient (Wildman–Crippen LogP) is 0.632. The third-order valence-corrected chi connectivity index (χ3v) is 1.73. The Morgan fingerprint density at radius 3 is 3.30 bits per heavy atom. The molecule has 10 heavy (non-hydrogen) atoms. The minimum absolute atomic E-state index is 0.808. The van der Waals surface area contributed by atoms with Gasteiger partial charge in [-0.05, 0) is 6.07 Å². The van der Waals surface area contributed by atoms with Gasteiger partial charge in [-0.1, -0.05) is 0 Å². The lowest BCUT2D eigenvalue weighted by atomic mass is 10.2. The van der Waals surface area contributed by atoms with Crippen LogP contribution in [0.5, 0.6) is 0 Å². The summed E-state index contributed by atoms with van der Waals surface area (Å²) in [4.78, 5) is 4.18. The first-order chi connectivity index (χ1) is 4.88. The number of anilines is 2. The molecule has 0 saturated carbocycles. The van der Waals surface area contributed by atoms with Crippen LogP contribution in [0.25, 0.3) is 0 Å². The fourth-order valence-electron chi connectivity index (χ4n) is 1.22. The van der Waals surface area contributed by atoms with Crippen LogP contribution in [0.4, 0.5) is 11.4 Å². The molecule has 2 rings (SSSR count). The van der Waals surface area contributed by atoms with Gasteiger partial charge in [-0.2, -0.15) is 0 Å². The molecule has 1 aliphatic heterocycles. The largest absolute Gasteiger partial charge is 0.397 e. The highest BCUT2D eigenvalue weighted by Crippen LogP contribution is 2.25. The number of pyridine rings is 1. The van der Waals surface area contributed by atoms with Gasteiger partial charge in [0.2, 0.25) is 0 Å². The second-order valence-electron chi connectivity index (χ2n) is 2.40. The van der Waals surface area contributed by atoms with E-state index in [0.29, 0.717) is 0 Å². The molecule has 0 unspecified atom stereocenters. The number of fused-ring (bicyclic) bond motifs is 1. The summed E-state index contributed by atoms with van der Waals surface area (Å²) in [6, 6.07) is 1.82. The quantitative estimate of drug-likeness (QED) is 0.548. The van der Waals surface area contributed by atoms with Crippen molar-refractivity contribution in [3.05, 3.63) is 18.0 Å². The van der Waals surface area contributed by atoms with Crippen LogP contribution in [0.1, 0.15) is 5.69 Å². The second-order valence-corrected chi connectivity index (χ2v) is 2.40. The Balaban J connectivity index is 2.59. The van der Waals surface area contributed by atoms with E-state index in [1.54, 1.807) is 6.20 Å². The fraction of sp³-hybridized carbons (Fsp3) is 0.286. The zero-order valence-corrected chi connectivity index (χ0v) is 5.59. The number of hydrogen-bond acceptors (Lipinski definition) is 3. The lowest BCUT2D eigenvalue weighted by molar-refractivity contribution is 1.04. The molecule has 1 aromatic rings. The average molecular weight is 135 g/mol. The number of nitrogens with one attached hydrogen (secondary N) is 1. The molecule has 0 bridgehead atoms. The summed E-state index contributed by atoms with van der Waals surface area (Å²) < 4.78 is 0. The van der Waals surface area contributed by atoms with Crippen LogP contribution in [0.15, 0.2) is 12.3 Å². The van der Waals surface area contributed by atoms with Crippen molar-refractivity contribution in [3.8, 4) is 0 Å². The lowest BCUT2D eigenvalue weighted by Gasteiger charge is -2.00. The second kappa shape index (κ2) is 1.87. The van der Waals surface area contributed by atoms with E-state index in [9.17, 15) is 0 Å². The summed E-state index contributed by atoms with van der Waals surface area (Å²) in [6.07, 6.45) is 2.75.